The number of hydrogen-bond donors (Lipinski definition) is 2. The molecule has 0 bridgehead atoms. The Morgan fingerprint density at radius 2 is 2.00 bits per heavy atom. The van der Waals surface area contributed by atoms with Crippen molar-refractivity contribution in [3.63, 3.8) is 0 Å². The van der Waals surface area contributed by atoms with Gasteiger partial charge in [0.25, 0.3) is 5.91 Å². The number of carbonyl (C=O) groups excluding carboxylic acids is 1. The monoisotopic (exact) mass is 295 g/mol. The fourth-order valence-corrected chi connectivity index (χ4v) is 1.49. The number of carbonyl (C=O) groups is 1. The van der Waals surface area contributed by atoms with E-state index < -0.39 is 5.54 Å². The lowest BCUT2D eigenvalue weighted by Gasteiger charge is -2.18. The van der Waals surface area contributed by atoms with E-state index in [9.17, 15) is 4.79 Å². The second-order valence-electron chi connectivity index (χ2n) is 5.08. The number of nitrogens with zero attached hydrogens (tertiary/aromatic N) is 1. The van der Waals surface area contributed by atoms with E-state index in [1.54, 1.807) is 0 Å². The van der Waals surface area contributed by atoms with Gasteiger partial charge in [0, 0.05) is 17.6 Å². The van der Waals surface area contributed by atoms with Crippen LogP contribution in [0.25, 0.3) is 11.5 Å². The lowest BCUT2D eigenvalue weighted by atomic mass is 10.1. The molecule has 1 aromatic heterocycles. The molecule has 5 nitrogen and oxygen atoms in total. The molecule has 0 fully saturated rings. The average molecular weight is 296 g/mol. The van der Waals surface area contributed by atoms with Crippen molar-refractivity contribution in [3.05, 3.63) is 42.3 Å². The lowest BCUT2D eigenvalue weighted by molar-refractivity contribution is 0.0941. The van der Waals surface area contributed by atoms with Gasteiger partial charge in [-0.3, -0.25) is 4.79 Å². The van der Waals surface area contributed by atoms with Crippen LogP contribution < -0.4 is 11.1 Å². The highest BCUT2D eigenvalue weighted by Gasteiger charge is 2.16. The predicted octanol–water partition coefficient (Wildman–Crippen LogP) is 2.23. The number of rotatable bonds is 4. The second-order valence-corrected chi connectivity index (χ2v) is 5.08. The van der Waals surface area contributed by atoms with Gasteiger partial charge in [-0.15, -0.1) is 12.4 Å². The van der Waals surface area contributed by atoms with Gasteiger partial charge in [0.1, 0.15) is 6.26 Å². The number of hydrogen-bond acceptors (Lipinski definition) is 4. The third-order valence-electron chi connectivity index (χ3n) is 2.46. The van der Waals surface area contributed by atoms with Crippen molar-refractivity contribution in [2.45, 2.75) is 19.4 Å². The summed E-state index contributed by atoms with van der Waals surface area (Å²) in [6, 6.07) is 9.42. The first-order chi connectivity index (χ1) is 8.96. The van der Waals surface area contributed by atoms with Crippen LogP contribution in [0.3, 0.4) is 0 Å². The van der Waals surface area contributed by atoms with E-state index in [4.69, 9.17) is 10.2 Å². The summed E-state index contributed by atoms with van der Waals surface area (Å²) >= 11 is 0. The van der Waals surface area contributed by atoms with E-state index in [0.717, 1.165) is 5.56 Å². The molecule has 2 aromatic rings. The third kappa shape index (κ3) is 4.36. The molecule has 0 atom stereocenters. The number of aromatic nitrogens is 1. The maximum absolute atomic E-state index is 11.8. The summed E-state index contributed by atoms with van der Waals surface area (Å²) in [5, 5.41) is 2.72. The quantitative estimate of drug-likeness (QED) is 0.906. The molecule has 1 heterocycles. The van der Waals surface area contributed by atoms with Crippen molar-refractivity contribution in [2.75, 3.05) is 6.54 Å². The average Bonchev–Trinajstić information content (AvgIpc) is 2.86. The minimum atomic E-state index is -0.457. The molecule has 6 heteroatoms. The van der Waals surface area contributed by atoms with Gasteiger partial charge in [-0.25, -0.2) is 4.98 Å². The molecule has 0 radical (unpaired) electrons. The topological polar surface area (TPSA) is 81.1 Å². The minimum absolute atomic E-state index is 0. The lowest BCUT2D eigenvalue weighted by Crippen LogP contribution is -2.45. The van der Waals surface area contributed by atoms with Crippen LogP contribution in [-0.2, 0) is 0 Å². The normalized spacial score (nSPS) is 10.8. The highest BCUT2D eigenvalue weighted by molar-refractivity contribution is 5.92. The fourth-order valence-electron chi connectivity index (χ4n) is 1.49. The molecule has 0 saturated heterocycles. The molecule has 0 aliphatic rings. The van der Waals surface area contributed by atoms with Gasteiger partial charge in [-0.2, -0.15) is 0 Å². The molecule has 0 aliphatic heterocycles. The number of oxazole rings is 1. The second kappa shape index (κ2) is 6.54. The van der Waals surface area contributed by atoms with Crippen molar-refractivity contribution in [3.8, 4) is 11.5 Å². The number of nitrogens with one attached hydrogen (secondary N) is 1. The van der Waals surface area contributed by atoms with Crippen LogP contribution in [0.2, 0.25) is 0 Å². The van der Waals surface area contributed by atoms with Crippen LogP contribution in [0.15, 0.2) is 41.0 Å². The fraction of sp³-hybridized carbons (Fsp3) is 0.286. The molecule has 3 N–H and O–H groups in total. The molecule has 20 heavy (non-hydrogen) atoms. The first-order valence-electron chi connectivity index (χ1n) is 6.04. The molecular weight excluding hydrogens is 278 g/mol. The van der Waals surface area contributed by atoms with E-state index >= 15 is 0 Å². The van der Waals surface area contributed by atoms with E-state index in [-0.39, 0.29) is 24.0 Å². The van der Waals surface area contributed by atoms with E-state index in [1.807, 2.05) is 44.2 Å². The highest BCUT2D eigenvalue weighted by atomic mass is 35.5. The summed E-state index contributed by atoms with van der Waals surface area (Å²) in [6.07, 6.45) is 1.35. The Morgan fingerprint density at radius 1 is 1.35 bits per heavy atom. The Bertz CT molecular complexity index is 561. The van der Waals surface area contributed by atoms with Crippen LogP contribution in [0, 0.1) is 0 Å². The molecule has 0 spiro atoms. The van der Waals surface area contributed by atoms with Crippen LogP contribution in [0.1, 0.15) is 24.3 Å². The van der Waals surface area contributed by atoms with Gasteiger partial charge in [0.05, 0.1) is 0 Å². The number of benzene rings is 1. The van der Waals surface area contributed by atoms with Crippen molar-refractivity contribution < 1.29 is 9.21 Å². The summed E-state index contributed by atoms with van der Waals surface area (Å²) in [5.74, 6) is 0.141. The Kier molecular flexibility index (Phi) is 5.30. The Hall–Kier alpha value is -1.85. The number of amides is 1. The van der Waals surface area contributed by atoms with Gasteiger partial charge in [-0.1, -0.05) is 18.2 Å². The Morgan fingerprint density at radius 3 is 2.60 bits per heavy atom. The highest BCUT2D eigenvalue weighted by Crippen LogP contribution is 2.17. The summed E-state index contributed by atoms with van der Waals surface area (Å²) < 4.78 is 5.30. The molecule has 0 aliphatic carbocycles. The smallest absolute Gasteiger partial charge is 0.273 e. The molecule has 2 rings (SSSR count). The van der Waals surface area contributed by atoms with Crippen molar-refractivity contribution in [1.82, 2.24) is 10.3 Å². The number of nitrogens with two attached hydrogens (primary N) is 1. The minimum Gasteiger partial charge on any atom is -0.444 e. The first-order valence-corrected chi connectivity index (χ1v) is 6.04. The van der Waals surface area contributed by atoms with Gasteiger partial charge in [0.15, 0.2) is 5.69 Å². The van der Waals surface area contributed by atoms with Crippen LogP contribution in [0.5, 0.6) is 0 Å². The largest absolute Gasteiger partial charge is 0.444 e. The molecular formula is C14H18ClN3O2. The van der Waals surface area contributed by atoms with Gasteiger partial charge in [0.2, 0.25) is 5.89 Å². The van der Waals surface area contributed by atoms with E-state index in [1.165, 1.54) is 6.26 Å². The molecule has 1 aromatic carbocycles. The third-order valence-corrected chi connectivity index (χ3v) is 2.46. The zero-order valence-corrected chi connectivity index (χ0v) is 12.2. The summed E-state index contributed by atoms with van der Waals surface area (Å²) in [4.78, 5) is 16.0. The maximum atomic E-state index is 11.8. The van der Waals surface area contributed by atoms with Crippen molar-refractivity contribution in [2.24, 2.45) is 5.73 Å². The van der Waals surface area contributed by atoms with Gasteiger partial charge < -0.3 is 15.5 Å². The maximum Gasteiger partial charge on any atom is 0.273 e. The van der Waals surface area contributed by atoms with Crippen LogP contribution in [0.4, 0.5) is 0 Å². The van der Waals surface area contributed by atoms with E-state index in [0.29, 0.717) is 12.4 Å². The van der Waals surface area contributed by atoms with Gasteiger partial charge >= 0.3 is 0 Å². The zero-order valence-electron chi connectivity index (χ0n) is 11.4. The summed E-state index contributed by atoms with van der Waals surface area (Å²) in [6.45, 7) is 4.05. The Balaban J connectivity index is 0.00000200. The van der Waals surface area contributed by atoms with Crippen LogP contribution in [-0.4, -0.2) is 23.0 Å². The first kappa shape index (κ1) is 16.2. The number of halogens is 1. The van der Waals surface area contributed by atoms with Crippen molar-refractivity contribution in [1.29, 1.82) is 0 Å². The Labute approximate surface area is 124 Å². The standard InChI is InChI=1S/C14H17N3O2.ClH/c1-14(2,15)9-16-12(18)11-8-19-13(17-11)10-6-4-3-5-7-10;/h3-8H,9,15H2,1-2H3,(H,16,18);1H. The summed E-state index contributed by atoms with van der Waals surface area (Å²) in [5.41, 5.74) is 6.43. The van der Waals surface area contributed by atoms with E-state index in [2.05, 4.69) is 10.3 Å². The SMILES string of the molecule is CC(C)(N)CNC(=O)c1coc(-c2ccccc2)n1.Cl. The van der Waals surface area contributed by atoms with Crippen LogP contribution >= 0.6 is 12.4 Å². The molecule has 0 unspecified atom stereocenters. The summed E-state index contributed by atoms with van der Waals surface area (Å²) in [7, 11) is 0. The van der Waals surface area contributed by atoms with Crippen molar-refractivity contribution >= 4 is 18.3 Å². The molecule has 108 valence electrons. The molecule has 0 saturated carbocycles. The molecule has 1 amide bonds. The zero-order chi connectivity index (χ0) is 13.9. The van der Waals surface area contributed by atoms with Gasteiger partial charge in [-0.05, 0) is 26.0 Å². The predicted molar refractivity (Wildman–Crippen MR) is 79.8 cm³/mol.